The van der Waals surface area contributed by atoms with E-state index in [4.69, 9.17) is 0 Å². The Hall–Kier alpha value is -0.0400. The van der Waals surface area contributed by atoms with Crippen LogP contribution in [0.4, 0.5) is 0 Å². The SMILES string of the molecule is CCCCCCCC(CCCCC)[N+](C)(C)C. The Morgan fingerprint density at radius 2 is 1.06 bits per heavy atom. The summed E-state index contributed by atoms with van der Waals surface area (Å²) in [5.41, 5.74) is 0. The van der Waals surface area contributed by atoms with Crippen molar-refractivity contribution in [1.29, 1.82) is 0 Å². The minimum absolute atomic E-state index is 0.878. The van der Waals surface area contributed by atoms with E-state index in [2.05, 4.69) is 35.0 Å². The molecule has 0 aromatic rings. The third-order valence-electron chi connectivity index (χ3n) is 3.88. The molecular formula is C16H36N+. The molecule has 1 heteroatoms. The molecule has 0 amide bonds. The lowest BCUT2D eigenvalue weighted by Crippen LogP contribution is -2.45. The minimum atomic E-state index is 0.878. The molecular weight excluding hydrogens is 206 g/mol. The van der Waals surface area contributed by atoms with Gasteiger partial charge in [-0.3, -0.25) is 0 Å². The van der Waals surface area contributed by atoms with Gasteiger partial charge in [0.1, 0.15) is 0 Å². The van der Waals surface area contributed by atoms with E-state index in [0.29, 0.717) is 0 Å². The maximum Gasteiger partial charge on any atom is 0.0884 e. The fourth-order valence-corrected chi connectivity index (χ4v) is 2.53. The maximum absolute atomic E-state index is 2.36. The Labute approximate surface area is 110 Å². The van der Waals surface area contributed by atoms with Gasteiger partial charge in [0.05, 0.1) is 27.2 Å². The van der Waals surface area contributed by atoms with Crippen LogP contribution in [-0.2, 0) is 0 Å². The molecule has 1 atom stereocenters. The van der Waals surface area contributed by atoms with Crippen LogP contribution in [0.15, 0.2) is 0 Å². The van der Waals surface area contributed by atoms with Crippen LogP contribution in [-0.4, -0.2) is 31.7 Å². The molecule has 0 aliphatic heterocycles. The number of unbranched alkanes of at least 4 members (excludes halogenated alkanes) is 6. The van der Waals surface area contributed by atoms with Crippen molar-refractivity contribution in [3.8, 4) is 0 Å². The van der Waals surface area contributed by atoms with Gasteiger partial charge in [-0.25, -0.2) is 0 Å². The first kappa shape index (κ1) is 17.0. The minimum Gasteiger partial charge on any atom is -0.328 e. The number of hydrogen-bond donors (Lipinski definition) is 0. The molecule has 0 aromatic carbocycles. The molecule has 0 rings (SSSR count). The number of quaternary nitrogens is 1. The maximum atomic E-state index is 2.36. The molecule has 0 bridgehead atoms. The summed E-state index contributed by atoms with van der Waals surface area (Å²) in [6, 6.07) is 0.878. The molecule has 0 heterocycles. The van der Waals surface area contributed by atoms with E-state index >= 15 is 0 Å². The average Bonchev–Trinajstić information content (AvgIpc) is 2.25. The van der Waals surface area contributed by atoms with Crippen molar-refractivity contribution in [3.05, 3.63) is 0 Å². The summed E-state index contributed by atoms with van der Waals surface area (Å²) in [5, 5.41) is 0. The highest BCUT2D eigenvalue weighted by Gasteiger charge is 2.22. The zero-order chi connectivity index (χ0) is 13.1. The standard InChI is InChI=1S/C16H36N/c1-6-8-10-11-13-15-16(17(3,4)5)14-12-9-7-2/h16H,6-15H2,1-5H3/q+1. The van der Waals surface area contributed by atoms with Gasteiger partial charge in [-0.1, -0.05) is 52.4 Å². The molecule has 17 heavy (non-hydrogen) atoms. The highest BCUT2D eigenvalue weighted by Crippen LogP contribution is 2.19. The van der Waals surface area contributed by atoms with Gasteiger partial charge in [-0.2, -0.15) is 0 Å². The Bertz CT molecular complexity index is 157. The molecule has 0 N–H and O–H groups in total. The second kappa shape index (κ2) is 9.94. The number of nitrogens with zero attached hydrogens (tertiary/aromatic N) is 1. The molecule has 0 aliphatic carbocycles. The number of hydrogen-bond acceptors (Lipinski definition) is 0. The van der Waals surface area contributed by atoms with Crippen LogP contribution in [0, 0.1) is 0 Å². The normalized spacial score (nSPS) is 13.9. The summed E-state index contributed by atoms with van der Waals surface area (Å²) in [6.45, 7) is 4.59. The summed E-state index contributed by atoms with van der Waals surface area (Å²) in [5.74, 6) is 0. The van der Waals surface area contributed by atoms with Crippen molar-refractivity contribution in [3.63, 3.8) is 0 Å². The van der Waals surface area contributed by atoms with Crippen molar-refractivity contribution in [2.75, 3.05) is 21.1 Å². The summed E-state index contributed by atoms with van der Waals surface area (Å²) in [6.07, 6.45) is 14.1. The lowest BCUT2D eigenvalue weighted by atomic mass is 9.99. The summed E-state index contributed by atoms with van der Waals surface area (Å²) < 4.78 is 1.15. The average molecular weight is 242 g/mol. The summed E-state index contributed by atoms with van der Waals surface area (Å²) >= 11 is 0. The van der Waals surface area contributed by atoms with Gasteiger partial charge in [0, 0.05) is 0 Å². The van der Waals surface area contributed by atoms with Gasteiger partial charge >= 0.3 is 0 Å². The predicted octanol–water partition coefficient (Wildman–Crippen LogP) is 5.00. The molecule has 1 unspecified atom stereocenters. The van der Waals surface area contributed by atoms with Crippen LogP contribution in [0.5, 0.6) is 0 Å². The monoisotopic (exact) mass is 242 g/mol. The Balaban J connectivity index is 3.78. The van der Waals surface area contributed by atoms with E-state index < -0.39 is 0 Å². The van der Waals surface area contributed by atoms with Gasteiger partial charge in [-0.15, -0.1) is 0 Å². The Kier molecular flexibility index (Phi) is 9.91. The van der Waals surface area contributed by atoms with E-state index in [-0.39, 0.29) is 0 Å². The molecule has 0 spiro atoms. The van der Waals surface area contributed by atoms with Crippen molar-refractivity contribution in [2.45, 2.75) is 84.1 Å². The first-order chi connectivity index (χ1) is 8.02. The smallest absolute Gasteiger partial charge is 0.0884 e. The highest BCUT2D eigenvalue weighted by molar-refractivity contribution is 4.59. The Morgan fingerprint density at radius 1 is 0.647 bits per heavy atom. The van der Waals surface area contributed by atoms with Crippen LogP contribution in [0.2, 0.25) is 0 Å². The van der Waals surface area contributed by atoms with Crippen LogP contribution in [0.1, 0.15) is 78.1 Å². The van der Waals surface area contributed by atoms with Gasteiger partial charge < -0.3 is 4.48 Å². The van der Waals surface area contributed by atoms with E-state index in [1.807, 2.05) is 0 Å². The van der Waals surface area contributed by atoms with Crippen LogP contribution < -0.4 is 0 Å². The van der Waals surface area contributed by atoms with Crippen molar-refractivity contribution in [1.82, 2.24) is 0 Å². The van der Waals surface area contributed by atoms with Crippen molar-refractivity contribution in [2.24, 2.45) is 0 Å². The molecule has 0 saturated carbocycles. The first-order valence-electron chi connectivity index (χ1n) is 7.83. The van der Waals surface area contributed by atoms with Crippen LogP contribution in [0.3, 0.4) is 0 Å². The van der Waals surface area contributed by atoms with E-state index in [1.165, 1.54) is 64.2 Å². The summed E-state index contributed by atoms with van der Waals surface area (Å²) in [4.78, 5) is 0. The fourth-order valence-electron chi connectivity index (χ4n) is 2.53. The first-order valence-corrected chi connectivity index (χ1v) is 7.83. The third-order valence-corrected chi connectivity index (χ3v) is 3.88. The molecule has 0 fully saturated rings. The van der Waals surface area contributed by atoms with Crippen molar-refractivity contribution < 1.29 is 4.48 Å². The third kappa shape index (κ3) is 9.64. The largest absolute Gasteiger partial charge is 0.328 e. The van der Waals surface area contributed by atoms with Gasteiger partial charge in [0.2, 0.25) is 0 Å². The second-order valence-corrected chi connectivity index (χ2v) is 6.47. The molecule has 0 saturated heterocycles. The second-order valence-electron chi connectivity index (χ2n) is 6.47. The topological polar surface area (TPSA) is 0 Å². The van der Waals surface area contributed by atoms with Gasteiger partial charge in [0.25, 0.3) is 0 Å². The van der Waals surface area contributed by atoms with Crippen LogP contribution >= 0.6 is 0 Å². The lowest BCUT2D eigenvalue weighted by molar-refractivity contribution is -0.896. The molecule has 104 valence electrons. The van der Waals surface area contributed by atoms with Gasteiger partial charge in [0.15, 0.2) is 0 Å². The van der Waals surface area contributed by atoms with E-state index in [1.54, 1.807) is 0 Å². The molecule has 0 aromatic heterocycles. The zero-order valence-corrected chi connectivity index (χ0v) is 13.1. The zero-order valence-electron chi connectivity index (χ0n) is 13.1. The summed E-state index contributed by atoms with van der Waals surface area (Å²) in [7, 11) is 7.09. The molecule has 0 radical (unpaired) electrons. The van der Waals surface area contributed by atoms with Gasteiger partial charge in [-0.05, 0) is 25.7 Å². The van der Waals surface area contributed by atoms with E-state index in [0.717, 1.165) is 10.5 Å². The Morgan fingerprint density at radius 3 is 1.53 bits per heavy atom. The predicted molar refractivity (Wildman–Crippen MR) is 79.3 cm³/mol. The quantitative estimate of drug-likeness (QED) is 0.353. The highest BCUT2D eigenvalue weighted by atomic mass is 15.3. The molecule has 1 nitrogen and oxygen atoms in total. The number of rotatable bonds is 11. The van der Waals surface area contributed by atoms with Crippen molar-refractivity contribution >= 4 is 0 Å². The fraction of sp³-hybridized carbons (Fsp3) is 1.00. The molecule has 0 aliphatic rings. The lowest BCUT2D eigenvalue weighted by Gasteiger charge is -2.34. The van der Waals surface area contributed by atoms with E-state index in [9.17, 15) is 0 Å². The van der Waals surface area contributed by atoms with Crippen LogP contribution in [0.25, 0.3) is 0 Å².